The molecule has 0 spiro atoms. The van der Waals surface area contributed by atoms with Crippen molar-refractivity contribution < 1.29 is 23.9 Å². The second-order valence-corrected chi connectivity index (χ2v) is 6.86. The minimum atomic E-state index is -0.742. The highest BCUT2D eigenvalue weighted by Crippen LogP contribution is 2.10. The van der Waals surface area contributed by atoms with Crippen LogP contribution in [0, 0.1) is 0 Å². The first-order chi connectivity index (χ1) is 12.2. The van der Waals surface area contributed by atoms with Crippen LogP contribution in [0.3, 0.4) is 0 Å². The molecule has 0 aliphatic heterocycles. The average molecular weight is 364 g/mol. The summed E-state index contributed by atoms with van der Waals surface area (Å²) in [6.45, 7) is 7.03. The van der Waals surface area contributed by atoms with Gasteiger partial charge < -0.3 is 20.1 Å². The third kappa shape index (κ3) is 9.05. The number of benzene rings is 1. The molecule has 7 nitrogen and oxygen atoms in total. The third-order valence-electron chi connectivity index (χ3n) is 3.21. The number of alkyl carbamates (subject to hydrolysis) is 1. The molecule has 0 aliphatic rings. The van der Waals surface area contributed by atoms with Gasteiger partial charge in [-0.05, 0) is 32.8 Å². The van der Waals surface area contributed by atoms with Crippen LogP contribution in [0.5, 0.6) is 0 Å². The van der Waals surface area contributed by atoms with Crippen molar-refractivity contribution >= 4 is 18.0 Å². The van der Waals surface area contributed by atoms with Crippen molar-refractivity contribution in [2.45, 2.75) is 58.8 Å². The second-order valence-electron chi connectivity index (χ2n) is 6.86. The van der Waals surface area contributed by atoms with Gasteiger partial charge in [-0.3, -0.25) is 4.79 Å². The molecule has 0 unspecified atom stereocenters. The first kappa shape index (κ1) is 21.5. The largest absolute Gasteiger partial charge is 0.458 e. The van der Waals surface area contributed by atoms with Gasteiger partial charge in [0.15, 0.2) is 0 Å². The van der Waals surface area contributed by atoms with Gasteiger partial charge in [0.2, 0.25) is 5.91 Å². The van der Waals surface area contributed by atoms with E-state index in [-0.39, 0.29) is 13.2 Å². The maximum absolute atomic E-state index is 12.1. The molecule has 0 fully saturated rings. The maximum Gasteiger partial charge on any atom is 0.407 e. The molecular formula is C19H28N2O5. The van der Waals surface area contributed by atoms with E-state index in [4.69, 9.17) is 9.47 Å². The zero-order valence-electron chi connectivity index (χ0n) is 15.8. The number of carbonyl (C=O) groups excluding carboxylic acids is 3. The summed E-state index contributed by atoms with van der Waals surface area (Å²) >= 11 is 0. The highest BCUT2D eigenvalue weighted by Gasteiger charge is 2.26. The summed E-state index contributed by atoms with van der Waals surface area (Å²) in [5, 5.41) is 4.95. The minimum absolute atomic E-state index is 0.116. The lowest BCUT2D eigenvalue weighted by molar-refractivity contribution is -0.158. The Morgan fingerprint density at radius 3 is 2.35 bits per heavy atom. The number of carbonyl (C=O) groups is 3. The number of nitrogens with one attached hydrogen (secondary N) is 2. The fourth-order valence-corrected chi connectivity index (χ4v) is 2.08. The number of esters is 1. The Hall–Kier alpha value is -2.57. The normalized spacial score (nSPS) is 12.0. The topological polar surface area (TPSA) is 93.7 Å². The summed E-state index contributed by atoms with van der Waals surface area (Å²) in [6.07, 6.45) is 0.462. The van der Waals surface area contributed by atoms with Crippen LogP contribution in [0.2, 0.25) is 0 Å². The van der Waals surface area contributed by atoms with E-state index in [1.54, 1.807) is 20.8 Å². The maximum atomic E-state index is 12.1. The number of ether oxygens (including phenoxy) is 2. The minimum Gasteiger partial charge on any atom is -0.458 e. The molecule has 0 saturated heterocycles. The highest BCUT2D eigenvalue weighted by atomic mass is 16.6. The molecule has 1 aromatic rings. The Bertz CT molecular complexity index is 596. The molecule has 0 saturated carbocycles. The molecule has 144 valence electrons. The Kier molecular flexibility index (Phi) is 8.61. The summed E-state index contributed by atoms with van der Waals surface area (Å²) in [5.41, 5.74) is 0.216. The lowest BCUT2D eigenvalue weighted by Gasteiger charge is -2.24. The van der Waals surface area contributed by atoms with Crippen LogP contribution >= 0.6 is 0 Å². The summed E-state index contributed by atoms with van der Waals surface area (Å²) < 4.78 is 10.3. The molecule has 0 aromatic heterocycles. The van der Waals surface area contributed by atoms with Crippen molar-refractivity contribution in [3.8, 4) is 0 Å². The number of hydrogen-bond donors (Lipinski definition) is 2. The molecule has 2 N–H and O–H groups in total. The zero-order chi connectivity index (χ0) is 19.6. The predicted molar refractivity (Wildman–Crippen MR) is 97.3 cm³/mol. The molecule has 2 amide bonds. The van der Waals surface area contributed by atoms with Crippen LogP contribution in [0.15, 0.2) is 30.3 Å². The fourth-order valence-electron chi connectivity index (χ4n) is 2.08. The van der Waals surface area contributed by atoms with Gasteiger partial charge in [-0.25, -0.2) is 9.59 Å². The standard InChI is InChI=1S/C19H28N2O5/c1-5-9-15(17(23)26-19(2,3)4)21-16(22)12-20-18(24)25-13-14-10-7-6-8-11-14/h6-8,10-11,15H,5,9,12-13H2,1-4H3,(H,20,24)(H,21,22)/t15-/m0/s1. The predicted octanol–water partition coefficient (Wildman–Crippen LogP) is 2.54. The van der Waals surface area contributed by atoms with E-state index >= 15 is 0 Å². The van der Waals surface area contributed by atoms with E-state index in [2.05, 4.69) is 10.6 Å². The lowest BCUT2D eigenvalue weighted by Crippen LogP contribution is -2.47. The van der Waals surface area contributed by atoms with E-state index in [0.717, 1.165) is 5.56 Å². The molecule has 1 aromatic carbocycles. The summed E-state index contributed by atoms with van der Waals surface area (Å²) in [7, 11) is 0. The quantitative estimate of drug-likeness (QED) is 0.692. The molecule has 7 heteroatoms. The van der Waals surface area contributed by atoms with Crippen LogP contribution in [-0.2, 0) is 25.7 Å². The van der Waals surface area contributed by atoms with E-state index in [1.165, 1.54) is 0 Å². The molecular weight excluding hydrogens is 336 g/mol. The Balaban J connectivity index is 2.40. The monoisotopic (exact) mass is 364 g/mol. The average Bonchev–Trinajstić information content (AvgIpc) is 2.57. The molecule has 1 atom stereocenters. The summed E-state index contributed by atoms with van der Waals surface area (Å²) in [4.78, 5) is 35.8. The van der Waals surface area contributed by atoms with Crippen LogP contribution in [0.25, 0.3) is 0 Å². The van der Waals surface area contributed by atoms with Gasteiger partial charge in [0, 0.05) is 0 Å². The van der Waals surface area contributed by atoms with E-state index in [9.17, 15) is 14.4 Å². The van der Waals surface area contributed by atoms with Gasteiger partial charge in [0.25, 0.3) is 0 Å². The Morgan fingerprint density at radius 1 is 1.12 bits per heavy atom. The SMILES string of the molecule is CCC[C@H](NC(=O)CNC(=O)OCc1ccccc1)C(=O)OC(C)(C)C. The van der Waals surface area contributed by atoms with Crippen molar-refractivity contribution in [2.75, 3.05) is 6.54 Å². The van der Waals surface area contributed by atoms with E-state index in [1.807, 2.05) is 37.3 Å². The number of amides is 2. The Labute approximate surface area is 154 Å². The van der Waals surface area contributed by atoms with Crippen molar-refractivity contribution in [1.82, 2.24) is 10.6 Å². The van der Waals surface area contributed by atoms with Crippen molar-refractivity contribution in [2.24, 2.45) is 0 Å². The smallest absolute Gasteiger partial charge is 0.407 e. The summed E-state index contributed by atoms with van der Waals surface area (Å²) in [6, 6.07) is 8.47. The molecule has 0 aliphatic carbocycles. The van der Waals surface area contributed by atoms with E-state index in [0.29, 0.717) is 12.8 Å². The molecule has 0 heterocycles. The molecule has 1 rings (SSSR count). The first-order valence-corrected chi connectivity index (χ1v) is 8.68. The van der Waals surface area contributed by atoms with Gasteiger partial charge in [0.05, 0.1) is 0 Å². The van der Waals surface area contributed by atoms with Crippen LogP contribution in [-0.4, -0.2) is 36.2 Å². The fraction of sp³-hybridized carbons (Fsp3) is 0.526. The van der Waals surface area contributed by atoms with Gasteiger partial charge >= 0.3 is 12.1 Å². The van der Waals surface area contributed by atoms with Crippen molar-refractivity contribution in [1.29, 1.82) is 0 Å². The highest BCUT2D eigenvalue weighted by molar-refractivity contribution is 5.87. The summed E-state index contributed by atoms with van der Waals surface area (Å²) in [5.74, 6) is -0.967. The van der Waals surface area contributed by atoms with Gasteiger partial charge in [-0.2, -0.15) is 0 Å². The van der Waals surface area contributed by atoms with Crippen LogP contribution in [0.1, 0.15) is 46.1 Å². The second kappa shape index (κ2) is 10.4. The van der Waals surface area contributed by atoms with Crippen LogP contribution in [0.4, 0.5) is 4.79 Å². The Morgan fingerprint density at radius 2 is 1.77 bits per heavy atom. The third-order valence-corrected chi connectivity index (χ3v) is 3.21. The molecule has 26 heavy (non-hydrogen) atoms. The zero-order valence-corrected chi connectivity index (χ0v) is 15.8. The van der Waals surface area contributed by atoms with Crippen molar-refractivity contribution in [3.63, 3.8) is 0 Å². The van der Waals surface area contributed by atoms with Gasteiger partial charge in [-0.15, -0.1) is 0 Å². The van der Waals surface area contributed by atoms with Crippen molar-refractivity contribution in [3.05, 3.63) is 35.9 Å². The van der Waals surface area contributed by atoms with Gasteiger partial charge in [-0.1, -0.05) is 43.7 Å². The van der Waals surface area contributed by atoms with Crippen LogP contribution < -0.4 is 10.6 Å². The van der Waals surface area contributed by atoms with Gasteiger partial charge in [0.1, 0.15) is 24.8 Å². The number of rotatable bonds is 8. The molecule has 0 radical (unpaired) electrons. The first-order valence-electron chi connectivity index (χ1n) is 8.68. The van der Waals surface area contributed by atoms with E-state index < -0.39 is 29.6 Å². The molecule has 0 bridgehead atoms. The number of hydrogen-bond acceptors (Lipinski definition) is 5. The lowest BCUT2D eigenvalue weighted by atomic mass is 10.1.